The summed E-state index contributed by atoms with van der Waals surface area (Å²) >= 11 is 0.902. The van der Waals surface area contributed by atoms with E-state index in [0.717, 1.165) is 19.3 Å². The minimum absolute atomic E-state index is 0.120. The Balaban J connectivity index is 2.13. The summed E-state index contributed by atoms with van der Waals surface area (Å²) in [6.07, 6.45) is 11.8. The SMILES string of the molecule is CC1/C=C/CCCCS[C@@H]2CCC[C@@H](O2)[C@@H]1N[S@+]([O-])C(C)(C)C. The van der Waals surface area contributed by atoms with E-state index in [2.05, 4.69) is 23.8 Å². The Bertz CT molecular complexity index is 384. The predicted molar refractivity (Wildman–Crippen MR) is 102 cm³/mol. The molecule has 0 amide bonds. The van der Waals surface area contributed by atoms with E-state index in [9.17, 15) is 4.55 Å². The van der Waals surface area contributed by atoms with Crippen LogP contribution < -0.4 is 4.72 Å². The number of nitrogens with one attached hydrogen (secondary N) is 1. The molecular formula is C18H33NO2S2. The van der Waals surface area contributed by atoms with Crippen molar-refractivity contribution in [3.63, 3.8) is 0 Å². The molecule has 0 radical (unpaired) electrons. The van der Waals surface area contributed by atoms with Gasteiger partial charge >= 0.3 is 0 Å². The third-order valence-corrected chi connectivity index (χ3v) is 7.37. The molecule has 0 aromatic heterocycles. The first kappa shape index (κ1) is 19.6. The van der Waals surface area contributed by atoms with Crippen LogP contribution in [0, 0.1) is 5.92 Å². The van der Waals surface area contributed by atoms with Gasteiger partial charge in [-0.15, -0.1) is 16.5 Å². The third-order valence-electron chi connectivity index (χ3n) is 4.53. The summed E-state index contributed by atoms with van der Waals surface area (Å²) in [4.78, 5) is 0. The lowest BCUT2D eigenvalue weighted by Gasteiger charge is -2.38. The highest BCUT2D eigenvalue weighted by Gasteiger charge is 2.37. The number of hydrogen-bond donors (Lipinski definition) is 1. The summed E-state index contributed by atoms with van der Waals surface area (Å²) in [5.74, 6) is 1.52. The zero-order chi connectivity index (χ0) is 16.9. The van der Waals surface area contributed by atoms with Crippen LogP contribution in [0.3, 0.4) is 0 Å². The second-order valence-corrected chi connectivity index (χ2v) is 11.0. The van der Waals surface area contributed by atoms with Gasteiger partial charge in [-0.3, -0.25) is 0 Å². The molecule has 0 aromatic carbocycles. The van der Waals surface area contributed by atoms with E-state index in [1.54, 1.807) is 0 Å². The Morgan fingerprint density at radius 1 is 1.22 bits per heavy atom. The molecule has 5 atom stereocenters. The van der Waals surface area contributed by atoms with Gasteiger partial charge in [0.2, 0.25) is 0 Å². The van der Waals surface area contributed by atoms with E-state index >= 15 is 0 Å². The zero-order valence-electron chi connectivity index (χ0n) is 15.0. The molecule has 1 unspecified atom stereocenters. The van der Waals surface area contributed by atoms with Crippen LogP contribution in [0.25, 0.3) is 0 Å². The van der Waals surface area contributed by atoms with E-state index in [-0.39, 0.29) is 16.9 Å². The topological polar surface area (TPSA) is 44.3 Å². The van der Waals surface area contributed by atoms with E-state index in [1.165, 1.54) is 25.0 Å². The molecule has 1 N–H and O–H groups in total. The maximum atomic E-state index is 12.6. The van der Waals surface area contributed by atoms with Crippen molar-refractivity contribution < 1.29 is 9.29 Å². The van der Waals surface area contributed by atoms with E-state index in [0.29, 0.717) is 11.4 Å². The number of ether oxygens (including phenoxy) is 1. The number of allylic oxidation sites excluding steroid dienone is 1. The molecule has 0 saturated carbocycles. The van der Waals surface area contributed by atoms with Crippen molar-refractivity contribution in [1.29, 1.82) is 0 Å². The van der Waals surface area contributed by atoms with Crippen LogP contribution in [-0.2, 0) is 16.1 Å². The molecular weight excluding hydrogens is 326 g/mol. The highest BCUT2D eigenvalue weighted by molar-refractivity contribution is 7.99. The smallest absolute Gasteiger partial charge is 0.136 e. The summed E-state index contributed by atoms with van der Waals surface area (Å²) in [5, 5.41) is 0. The number of thioether (sulfide) groups is 1. The molecule has 23 heavy (non-hydrogen) atoms. The molecule has 1 saturated heterocycles. The van der Waals surface area contributed by atoms with E-state index < -0.39 is 11.4 Å². The molecule has 0 aromatic rings. The molecule has 0 aliphatic carbocycles. The highest BCUT2D eigenvalue weighted by Crippen LogP contribution is 2.32. The van der Waals surface area contributed by atoms with Crippen LogP contribution in [0.2, 0.25) is 0 Å². The van der Waals surface area contributed by atoms with Gasteiger partial charge < -0.3 is 9.29 Å². The van der Waals surface area contributed by atoms with Crippen LogP contribution in [0.15, 0.2) is 12.2 Å². The van der Waals surface area contributed by atoms with Crippen molar-refractivity contribution in [3.05, 3.63) is 12.2 Å². The fourth-order valence-corrected chi connectivity index (χ4v) is 5.19. The Hall–Kier alpha value is 0.320. The average Bonchev–Trinajstić information content (AvgIpc) is 2.49. The van der Waals surface area contributed by atoms with Gasteiger partial charge in [0, 0.05) is 11.4 Å². The Kier molecular flexibility index (Phi) is 7.80. The molecule has 134 valence electrons. The number of fused-ring (bicyclic) bond motifs is 2. The maximum absolute atomic E-state index is 12.6. The molecule has 0 spiro atoms. The summed E-state index contributed by atoms with van der Waals surface area (Å²) in [6, 6.07) is 0.120. The van der Waals surface area contributed by atoms with Gasteiger partial charge in [-0.05, 0) is 71.0 Å². The molecule has 2 rings (SSSR count). The first-order valence-electron chi connectivity index (χ1n) is 8.99. The van der Waals surface area contributed by atoms with Gasteiger partial charge in [-0.2, -0.15) is 0 Å². The summed E-state index contributed by atoms with van der Waals surface area (Å²) in [7, 11) is 0. The van der Waals surface area contributed by atoms with Crippen molar-refractivity contribution in [3.8, 4) is 0 Å². The molecule has 2 aliphatic heterocycles. The standard InChI is InChI=1S/C18H33NO2S2/c1-14-10-7-5-6-8-13-22-16-12-9-11-15(21-16)17(14)19-23(20)18(2,3)4/h7,10,14-17,19H,5-6,8-9,11-13H2,1-4H3/b10-7+/t14?,15-,16-,17-,23-/m1/s1. The number of hydrogen-bond acceptors (Lipinski definition) is 4. The summed E-state index contributed by atoms with van der Waals surface area (Å²) < 4.78 is 22.2. The van der Waals surface area contributed by atoms with Crippen molar-refractivity contribution in [1.82, 2.24) is 4.72 Å². The van der Waals surface area contributed by atoms with Crippen molar-refractivity contribution >= 4 is 23.1 Å². The summed E-state index contributed by atoms with van der Waals surface area (Å²) in [5.41, 5.74) is 0.316. The van der Waals surface area contributed by atoms with Gasteiger partial charge in [0.05, 0.1) is 12.1 Å². The Labute approximate surface area is 149 Å². The molecule has 3 nitrogen and oxygen atoms in total. The van der Waals surface area contributed by atoms with Crippen LogP contribution >= 0.6 is 11.8 Å². The van der Waals surface area contributed by atoms with Gasteiger partial charge in [0.25, 0.3) is 0 Å². The van der Waals surface area contributed by atoms with Crippen molar-refractivity contribution in [2.24, 2.45) is 5.92 Å². The fraction of sp³-hybridized carbons (Fsp3) is 0.889. The van der Waals surface area contributed by atoms with Crippen LogP contribution in [0.4, 0.5) is 0 Å². The molecule has 2 bridgehead atoms. The molecule has 2 heterocycles. The predicted octanol–water partition coefficient (Wildman–Crippen LogP) is 4.41. The van der Waals surface area contributed by atoms with Gasteiger partial charge in [-0.1, -0.05) is 19.1 Å². The number of rotatable bonds is 2. The van der Waals surface area contributed by atoms with Gasteiger partial charge in [-0.25, -0.2) is 0 Å². The average molecular weight is 360 g/mol. The maximum Gasteiger partial charge on any atom is 0.136 e. The first-order valence-corrected chi connectivity index (χ1v) is 11.2. The highest BCUT2D eigenvalue weighted by atomic mass is 32.2. The molecule has 1 fully saturated rings. The lowest BCUT2D eigenvalue weighted by Crippen LogP contribution is -2.53. The lowest BCUT2D eigenvalue weighted by molar-refractivity contribution is -0.0275. The first-order chi connectivity index (χ1) is 10.9. The van der Waals surface area contributed by atoms with Gasteiger partial charge in [0.1, 0.15) is 10.2 Å². The van der Waals surface area contributed by atoms with Crippen LogP contribution in [0.5, 0.6) is 0 Å². The quantitative estimate of drug-likeness (QED) is 0.586. The molecule has 2 aliphatic rings. The Morgan fingerprint density at radius 2 is 2.00 bits per heavy atom. The minimum atomic E-state index is -1.07. The Morgan fingerprint density at radius 3 is 2.74 bits per heavy atom. The van der Waals surface area contributed by atoms with E-state index in [4.69, 9.17) is 4.74 Å². The van der Waals surface area contributed by atoms with Gasteiger partial charge in [0.15, 0.2) is 0 Å². The summed E-state index contributed by atoms with van der Waals surface area (Å²) in [6.45, 7) is 8.28. The monoisotopic (exact) mass is 359 g/mol. The largest absolute Gasteiger partial charge is 0.598 e. The lowest BCUT2D eigenvalue weighted by atomic mass is 9.92. The van der Waals surface area contributed by atoms with Crippen LogP contribution in [0.1, 0.15) is 66.2 Å². The minimum Gasteiger partial charge on any atom is -0.598 e. The third kappa shape index (κ3) is 6.28. The van der Waals surface area contributed by atoms with E-state index in [1.807, 2.05) is 32.5 Å². The molecule has 5 heteroatoms. The van der Waals surface area contributed by atoms with Crippen molar-refractivity contribution in [2.75, 3.05) is 5.75 Å². The van der Waals surface area contributed by atoms with Crippen LogP contribution in [-0.4, -0.2) is 32.6 Å². The zero-order valence-corrected chi connectivity index (χ0v) is 16.7. The second-order valence-electron chi connectivity index (χ2n) is 7.71. The normalized spacial score (nSPS) is 36.6. The second kappa shape index (κ2) is 9.14. The fourth-order valence-electron chi connectivity index (χ4n) is 3.04. The van der Waals surface area contributed by atoms with Crippen molar-refractivity contribution in [2.45, 2.75) is 88.5 Å².